The van der Waals surface area contributed by atoms with Crippen LogP contribution < -0.4 is 10.6 Å². The van der Waals surface area contributed by atoms with Crippen molar-refractivity contribution < 1.29 is 14.7 Å². The number of fused-ring (bicyclic) bond motifs is 1. The van der Waals surface area contributed by atoms with Gasteiger partial charge in [0.15, 0.2) is 0 Å². The lowest BCUT2D eigenvalue weighted by molar-refractivity contribution is -0.142. The van der Waals surface area contributed by atoms with Crippen LogP contribution in [-0.4, -0.2) is 35.1 Å². The molecule has 4 atom stereocenters. The Morgan fingerprint density at radius 3 is 2.72 bits per heavy atom. The Morgan fingerprint density at radius 2 is 2.11 bits per heavy atom. The second-order valence-electron chi connectivity index (χ2n) is 5.41. The van der Waals surface area contributed by atoms with E-state index in [0.717, 1.165) is 12.8 Å². The molecule has 1 saturated heterocycles. The molecule has 0 spiro atoms. The summed E-state index contributed by atoms with van der Waals surface area (Å²) in [5, 5.41) is 14.9. The lowest BCUT2D eigenvalue weighted by Crippen LogP contribution is -2.49. The molecule has 1 heterocycles. The third-order valence-electron chi connectivity index (χ3n) is 4.20. The molecule has 2 fully saturated rings. The molecule has 1 aliphatic carbocycles. The van der Waals surface area contributed by atoms with Crippen molar-refractivity contribution >= 4 is 11.9 Å². The summed E-state index contributed by atoms with van der Waals surface area (Å²) < 4.78 is 0. The predicted octanol–water partition coefficient (Wildman–Crippen LogP) is 0.886. The highest BCUT2D eigenvalue weighted by Gasteiger charge is 2.38. The quantitative estimate of drug-likeness (QED) is 0.696. The van der Waals surface area contributed by atoms with E-state index < -0.39 is 12.0 Å². The molecule has 2 aliphatic rings. The van der Waals surface area contributed by atoms with Crippen LogP contribution in [0.2, 0.25) is 0 Å². The molecule has 0 radical (unpaired) electrons. The Labute approximate surface area is 107 Å². The highest BCUT2D eigenvalue weighted by atomic mass is 16.4. The number of aliphatic carboxylic acids is 1. The molecule has 0 bridgehead atoms. The van der Waals surface area contributed by atoms with Gasteiger partial charge in [0, 0.05) is 6.04 Å². The summed E-state index contributed by atoms with van der Waals surface area (Å²) in [6.07, 6.45) is 6.09. The minimum absolute atomic E-state index is 0.154. The Kier molecular flexibility index (Phi) is 4.22. The molecular weight excluding hydrogens is 232 g/mol. The maximum Gasteiger partial charge on any atom is 0.326 e. The van der Waals surface area contributed by atoms with Gasteiger partial charge in [0.25, 0.3) is 0 Å². The largest absolute Gasteiger partial charge is 0.480 e. The predicted molar refractivity (Wildman–Crippen MR) is 67.1 cm³/mol. The van der Waals surface area contributed by atoms with Crippen LogP contribution in [0.1, 0.15) is 45.4 Å². The molecule has 1 aliphatic heterocycles. The van der Waals surface area contributed by atoms with E-state index in [1.165, 1.54) is 19.3 Å². The molecule has 2 unspecified atom stereocenters. The van der Waals surface area contributed by atoms with Gasteiger partial charge in [-0.2, -0.15) is 0 Å². The van der Waals surface area contributed by atoms with Crippen LogP contribution in [0.3, 0.4) is 0 Å². The monoisotopic (exact) mass is 254 g/mol. The van der Waals surface area contributed by atoms with Gasteiger partial charge in [-0.25, -0.2) is 4.79 Å². The van der Waals surface area contributed by atoms with Gasteiger partial charge in [-0.1, -0.05) is 19.8 Å². The van der Waals surface area contributed by atoms with Gasteiger partial charge in [-0.15, -0.1) is 0 Å². The van der Waals surface area contributed by atoms with E-state index >= 15 is 0 Å². The van der Waals surface area contributed by atoms with Crippen molar-refractivity contribution in [3.8, 4) is 0 Å². The smallest absolute Gasteiger partial charge is 0.326 e. The topological polar surface area (TPSA) is 78.4 Å². The number of carbonyl (C=O) groups excluding carboxylic acids is 1. The van der Waals surface area contributed by atoms with Crippen molar-refractivity contribution in [1.82, 2.24) is 10.6 Å². The van der Waals surface area contributed by atoms with Crippen LogP contribution in [0.25, 0.3) is 0 Å². The number of hydrogen-bond acceptors (Lipinski definition) is 3. The number of carboxylic acid groups (broad SMARTS) is 1. The Bertz CT molecular complexity index is 318. The van der Waals surface area contributed by atoms with Crippen LogP contribution in [0.5, 0.6) is 0 Å². The maximum absolute atomic E-state index is 12.0. The Balaban J connectivity index is 1.88. The first-order valence-electron chi connectivity index (χ1n) is 6.91. The fourth-order valence-electron chi connectivity index (χ4n) is 3.13. The van der Waals surface area contributed by atoms with Gasteiger partial charge in [0.1, 0.15) is 6.04 Å². The molecular formula is C13H22N2O3. The second kappa shape index (κ2) is 5.69. The number of rotatable bonds is 4. The molecule has 1 saturated carbocycles. The summed E-state index contributed by atoms with van der Waals surface area (Å²) in [7, 11) is 0. The van der Waals surface area contributed by atoms with Gasteiger partial charge < -0.3 is 15.7 Å². The number of carbonyl (C=O) groups is 2. The molecule has 5 nitrogen and oxygen atoms in total. The number of nitrogens with one attached hydrogen (secondary N) is 2. The fourth-order valence-corrected chi connectivity index (χ4v) is 3.13. The average Bonchev–Trinajstić information content (AvgIpc) is 2.79. The van der Waals surface area contributed by atoms with E-state index in [9.17, 15) is 9.59 Å². The minimum Gasteiger partial charge on any atom is -0.480 e. The highest BCUT2D eigenvalue weighted by Crippen LogP contribution is 2.33. The molecule has 0 aromatic carbocycles. The van der Waals surface area contributed by atoms with E-state index in [4.69, 9.17) is 5.11 Å². The number of hydrogen-bond donors (Lipinski definition) is 3. The van der Waals surface area contributed by atoms with Gasteiger partial charge in [0.05, 0.1) is 6.04 Å². The molecule has 0 aromatic rings. The summed E-state index contributed by atoms with van der Waals surface area (Å²) in [5.41, 5.74) is 0. The summed E-state index contributed by atoms with van der Waals surface area (Å²) in [6, 6.07) is -0.507. The summed E-state index contributed by atoms with van der Waals surface area (Å²) >= 11 is 0. The maximum atomic E-state index is 12.0. The van der Waals surface area contributed by atoms with Crippen molar-refractivity contribution in [2.24, 2.45) is 5.92 Å². The van der Waals surface area contributed by atoms with Crippen LogP contribution in [0.4, 0.5) is 0 Å². The summed E-state index contributed by atoms with van der Waals surface area (Å²) in [5.74, 6) is -0.515. The summed E-state index contributed by atoms with van der Waals surface area (Å²) in [6.45, 7) is 1.76. The minimum atomic E-state index is -0.957. The SMILES string of the molecule is CC[C@H](NC(=O)[C@@H]1CC2CCCCC2N1)C(=O)O. The second-order valence-corrected chi connectivity index (χ2v) is 5.41. The fraction of sp³-hybridized carbons (Fsp3) is 0.846. The van der Waals surface area contributed by atoms with Crippen molar-refractivity contribution in [2.75, 3.05) is 0 Å². The third-order valence-corrected chi connectivity index (χ3v) is 4.20. The molecule has 102 valence electrons. The van der Waals surface area contributed by atoms with E-state index in [0.29, 0.717) is 18.4 Å². The number of amides is 1. The lowest BCUT2D eigenvalue weighted by atomic mass is 9.85. The van der Waals surface area contributed by atoms with Gasteiger partial charge in [-0.05, 0) is 31.6 Å². The van der Waals surface area contributed by atoms with Crippen molar-refractivity contribution in [3.05, 3.63) is 0 Å². The van der Waals surface area contributed by atoms with Crippen LogP contribution in [-0.2, 0) is 9.59 Å². The zero-order valence-corrected chi connectivity index (χ0v) is 10.8. The van der Waals surface area contributed by atoms with E-state index in [2.05, 4.69) is 10.6 Å². The average molecular weight is 254 g/mol. The van der Waals surface area contributed by atoms with Crippen LogP contribution in [0, 0.1) is 5.92 Å². The molecule has 18 heavy (non-hydrogen) atoms. The third kappa shape index (κ3) is 2.83. The van der Waals surface area contributed by atoms with Crippen LogP contribution in [0.15, 0.2) is 0 Å². The zero-order valence-electron chi connectivity index (χ0n) is 10.8. The number of carboxylic acids is 1. The normalized spacial score (nSPS) is 32.6. The van der Waals surface area contributed by atoms with Crippen molar-refractivity contribution in [1.29, 1.82) is 0 Å². The molecule has 3 N–H and O–H groups in total. The standard InChI is InChI=1S/C13H22N2O3/c1-2-9(13(17)18)15-12(16)11-7-8-5-3-4-6-10(8)14-11/h8-11,14H,2-7H2,1H3,(H,15,16)(H,17,18)/t8?,9-,10?,11-/m0/s1. The Morgan fingerprint density at radius 1 is 1.39 bits per heavy atom. The van der Waals surface area contributed by atoms with Gasteiger partial charge in [-0.3, -0.25) is 4.79 Å². The Hall–Kier alpha value is -1.10. The van der Waals surface area contributed by atoms with Crippen molar-refractivity contribution in [2.45, 2.75) is 63.6 Å². The van der Waals surface area contributed by atoms with E-state index in [-0.39, 0.29) is 11.9 Å². The zero-order chi connectivity index (χ0) is 13.1. The van der Waals surface area contributed by atoms with E-state index in [1.54, 1.807) is 6.92 Å². The first-order chi connectivity index (χ1) is 8.61. The molecule has 0 aromatic heterocycles. The van der Waals surface area contributed by atoms with E-state index in [1.807, 2.05) is 0 Å². The van der Waals surface area contributed by atoms with Gasteiger partial charge >= 0.3 is 5.97 Å². The van der Waals surface area contributed by atoms with Crippen LogP contribution >= 0.6 is 0 Å². The lowest BCUT2D eigenvalue weighted by Gasteiger charge is -2.24. The van der Waals surface area contributed by atoms with Crippen molar-refractivity contribution in [3.63, 3.8) is 0 Å². The highest BCUT2D eigenvalue weighted by molar-refractivity contribution is 5.87. The first kappa shape index (κ1) is 13.3. The molecule has 1 amide bonds. The first-order valence-corrected chi connectivity index (χ1v) is 6.91. The molecule has 2 rings (SSSR count). The summed E-state index contributed by atoms with van der Waals surface area (Å²) in [4.78, 5) is 22.9. The molecule has 5 heteroatoms. The van der Waals surface area contributed by atoms with Gasteiger partial charge in [0.2, 0.25) is 5.91 Å².